The lowest BCUT2D eigenvalue weighted by molar-refractivity contribution is -0.103. The van der Waals surface area contributed by atoms with Gasteiger partial charge in [-0.15, -0.1) is 0 Å². The van der Waals surface area contributed by atoms with Crippen LogP contribution in [0.3, 0.4) is 0 Å². The summed E-state index contributed by atoms with van der Waals surface area (Å²) in [6.07, 6.45) is 1.13. The number of halogens is 1. The van der Waals surface area contributed by atoms with E-state index in [2.05, 4.69) is 15.3 Å². The number of ether oxygens (including phenoxy) is 1. The van der Waals surface area contributed by atoms with Gasteiger partial charge in [-0.25, -0.2) is 9.97 Å². The number of nitrogens with one attached hydrogen (secondary N) is 1. The highest BCUT2D eigenvalue weighted by atomic mass is 35.5. The van der Waals surface area contributed by atoms with Crippen LogP contribution in [-0.2, 0) is 11.2 Å². The van der Waals surface area contributed by atoms with Crippen LogP contribution in [0.25, 0.3) is 0 Å². The van der Waals surface area contributed by atoms with Crippen molar-refractivity contribution in [1.82, 2.24) is 9.97 Å². The van der Waals surface area contributed by atoms with Crippen molar-refractivity contribution >= 4 is 17.4 Å². The average Bonchev–Trinajstić information content (AvgIpc) is 2.63. The molecule has 0 saturated heterocycles. The van der Waals surface area contributed by atoms with Crippen LogP contribution in [0.5, 0.6) is 0 Å². The molecular weight excluding hydrogens is 218 g/mol. The highest BCUT2D eigenvalue weighted by molar-refractivity contribution is 6.30. The van der Waals surface area contributed by atoms with E-state index in [9.17, 15) is 5.11 Å². The van der Waals surface area contributed by atoms with E-state index in [1.807, 2.05) is 6.92 Å². The lowest BCUT2D eigenvalue weighted by Crippen LogP contribution is -2.33. The van der Waals surface area contributed by atoms with Crippen LogP contribution in [0.1, 0.15) is 12.5 Å². The molecule has 0 radical (unpaired) electrons. The molecule has 2 rings (SSSR count). The van der Waals surface area contributed by atoms with Gasteiger partial charge in [0.1, 0.15) is 17.3 Å². The van der Waals surface area contributed by atoms with Crippen LogP contribution >= 0.6 is 11.6 Å². The minimum absolute atomic E-state index is 0.200. The second-order valence-corrected chi connectivity index (χ2v) is 3.65. The Morgan fingerprint density at radius 3 is 3.20 bits per heavy atom. The van der Waals surface area contributed by atoms with Gasteiger partial charge < -0.3 is 15.2 Å². The summed E-state index contributed by atoms with van der Waals surface area (Å²) < 4.78 is 5.10. The molecule has 1 aliphatic heterocycles. The van der Waals surface area contributed by atoms with Crippen LogP contribution < -0.4 is 5.32 Å². The van der Waals surface area contributed by atoms with Crippen molar-refractivity contribution in [3.8, 4) is 0 Å². The monoisotopic (exact) mass is 229 g/mol. The quantitative estimate of drug-likeness (QED) is 0.594. The highest BCUT2D eigenvalue weighted by Gasteiger charge is 2.30. The first-order chi connectivity index (χ1) is 7.22. The number of aliphatic hydroxyl groups is 1. The van der Waals surface area contributed by atoms with E-state index in [-0.39, 0.29) is 6.04 Å². The van der Waals surface area contributed by atoms with Gasteiger partial charge in [0, 0.05) is 18.6 Å². The van der Waals surface area contributed by atoms with Crippen LogP contribution in [0.4, 0.5) is 5.82 Å². The molecule has 2 N–H and O–H groups in total. The maximum absolute atomic E-state index is 9.64. The minimum atomic E-state index is -0.847. The highest BCUT2D eigenvalue weighted by Crippen LogP contribution is 2.29. The Balaban J connectivity index is 2.12. The molecule has 15 heavy (non-hydrogen) atoms. The second kappa shape index (κ2) is 4.30. The number of rotatable bonds is 3. The van der Waals surface area contributed by atoms with Gasteiger partial charge in [0.05, 0.1) is 6.04 Å². The molecule has 6 heteroatoms. The molecule has 1 aromatic rings. The molecule has 5 nitrogen and oxygen atoms in total. The molecule has 1 aliphatic rings. The summed E-state index contributed by atoms with van der Waals surface area (Å²) in [5.74, 6) is 0.679. The average molecular weight is 230 g/mol. The molecule has 82 valence electrons. The number of fused-ring (bicyclic) bond motifs is 1. The summed E-state index contributed by atoms with van der Waals surface area (Å²) in [5.41, 5.74) is 0.836. The first-order valence-electron chi connectivity index (χ1n) is 4.78. The Kier molecular flexibility index (Phi) is 3.04. The predicted molar refractivity (Wildman–Crippen MR) is 55.8 cm³/mol. The molecule has 0 aliphatic carbocycles. The molecule has 2 unspecified atom stereocenters. The largest absolute Gasteiger partial charge is 0.366 e. The summed E-state index contributed by atoms with van der Waals surface area (Å²) in [4.78, 5) is 7.92. The van der Waals surface area contributed by atoms with Crippen LogP contribution in [0, 0.1) is 0 Å². The molecular formula is C9H12ClN3O2. The van der Waals surface area contributed by atoms with Crippen LogP contribution in [-0.4, -0.2) is 34.0 Å². The zero-order chi connectivity index (χ0) is 10.8. The fraction of sp³-hybridized carbons (Fsp3) is 0.556. The third-order valence-corrected chi connectivity index (χ3v) is 2.65. The molecule has 1 aromatic heterocycles. The maximum atomic E-state index is 9.64. The van der Waals surface area contributed by atoms with E-state index < -0.39 is 6.29 Å². The van der Waals surface area contributed by atoms with E-state index in [0.29, 0.717) is 24.0 Å². The summed E-state index contributed by atoms with van der Waals surface area (Å²) >= 11 is 5.90. The van der Waals surface area contributed by atoms with Crippen molar-refractivity contribution in [1.29, 1.82) is 0 Å². The van der Waals surface area contributed by atoms with Crippen LogP contribution in [0.15, 0.2) is 6.33 Å². The Bertz CT molecular complexity index is 361. The fourth-order valence-corrected chi connectivity index (χ4v) is 1.81. The van der Waals surface area contributed by atoms with Gasteiger partial charge in [0.25, 0.3) is 0 Å². The molecule has 2 heterocycles. The molecule has 0 amide bonds. The Hall–Kier alpha value is -0.910. The van der Waals surface area contributed by atoms with Crippen molar-refractivity contribution < 1.29 is 9.84 Å². The van der Waals surface area contributed by atoms with Crippen molar-refractivity contribution in [2.75, 3.05) is 11.9 Å². The Labute approximate surface area is 92.5 Å². The van der Waals surface area contributed by atoms with Crippen LogP contribution in [0.2, 0.25) is 5.15 Å². The van der Waals surface area contributed by atoms with Crippen molar-refractivity contribution in [2.45, 2.75) is 25.7 Å². The van der Waals surface area contributed by atoms with Gasteiger partial charge in [-0.3, -0.25) is 0 Å². The van der Waals surface area contributed by atoms with E-state index in [4.69, 9.17) is 16.3 Å². The molecule has 2 atom stereocenters. The number of nitrogens with zero attached hydrogens (tertiary/aromatic N) is 2. The zero-order valence-corrected chi connectivity index (χ0v) is 9.03. The van der Waals surface area contributed by atoms with Gasteiger partial charge in [0.15, 0.2) is 6.29 Å². The van der Waals surface area contributed by atoms with E-state index in [1.54, 1.807) is 0 Å². The van der Waals surface area contributed by atoms with Crippen molar-refractivity contribution in [3.63, 3.8) is 0 Å². The Morgan fingerprint density at radius 1 is 1.73 bits per heavy atom. The fourth-order valence-electron chi connectivity index (χ4n) is 1.60. The number of anilines is 1. The normalized spacial score (nSPS) is 20.9. The first-order valence-corrected chi connectivity index (χ1v) is 5.15. The smallest absolute Gasteiger partial charge is 0.175 e. The minimum Gasteiger partial charge on any atom is -0.366 e. The summed E-state index contributed by atoms with van der Waals surface area (Å²) in [6, 6.07) is -0.200. The summed E-state index contributed by atoms with van der Waals surface area (Å²) in [6.45, 7) is 2.30. The van der Waals surface area contributed by atoms with Gasteiger partial charge >= 0.3 is 0 Å². The van der Waals surface area contributed by atoms with Crippen molar-refractivity contribution in [3.05, 3.63) is 17.0 Å². The van der Waals surface area contributed by atoms with E-state index >= 15 is 0 Å². The second-order valence-electron chi connectivity index (χ2n) is 3.29. The predicted octanol–water partition coefficient (Wildman–Crippen LogP) is 0.821. The van der Waals surface area contributed by atoms with E-state index in [0.717, 1.165) is 5.56 Å². The third kappa shape index (κ3) is 2.04. The number of aromatic nitrogens is 2. The van der Waals surface area contributed by atoms with Gasteiger partial charge in [-0.05, 0) is 6.92 Å². The van der Waals surface area contributed by atoms with E-state index in [1.165, 1.54) is 6.33 Å². The molecule has 0 fully saturated rings. The van der Waals surface area contributed by atoms with Gasteiger partial charge in [-0.1, -0.05) is 11.6 Å². The third-order valence-electron chi connectivity index (χ3n) is 2.32. The number of hydrogen-bond donors (Lipinski definition) is 2. The standard InChI is InChI=1S/C9H12ClN3O2/c1-2-15-9(14)6-3-5-7(10)11-4-12-8(5)13-6/h4,6,9,14H,2-3H2,1H3,(H,11,12,13). The van der Waals surface area contributed by atoms with Gasteiger partial charge in [-0.2, -0.15) is 0 Å². The maximum Gasteiger partial charge on any atom is 0.175 e. The summed E-state index contributed by atoms with van der Waals surface area (Å²) in [5, 5.41) is 13.1. The molecule has 0 spiro atoms. The SMILES string of the molecule is CCOC(O)C1Cc2c(Cl)ncnc2N1. The lowest BCUT2D eigenvalue weighted by atomic mass is 10.2. The lowest BCUT2D eigenvalue weighted by Gasteiger charge is -2.17. The topological polar surface area (TPSA) is 67.3 Å². The first kappa shape index (κ1) is 10.6. The number of hydrogen-bond acceptors (Lipinski definition) is 5. The summed E-state index contributed by atoms with van der Waals surface area (Å²) in [7, 11) is 0. The zero-order valence-electron chi connectivity index (χ0n) is 8.27. The number of aliphatic hydroxyl groups excluding tert-OH is 1. The van der Waals surface area contributed by atoms with Gasteiger partial charge in [0.2, 0.25) is 0 Å². The molecule has 0 saturated carbocycles. The molecule has 0 bridgehead atoms. The molecule has 0 aromatic carbocycles. The Morgan fingerprint density at radius 2 is 2.53 bits per heavy atom. The van der Waals surface area contributed by atoms with Crippen molar-refractivity contribution in [2.24, 2.45) is 0 Å².